The topological polar surface area (TPSA) is 115 Å². The van der Waals surface area contributed by atoms with Gasteiger partial charge in [0, 0.05) is 5.56 Å². The van der Waals surface area contributed by atoms with Gasteiger partial charge in [-0.1, -0.05) is 17.4 Å². The maximum atomic E-state index is 12.1. The summed E-state index contributed by atoms with van der Waals surface area (Å²) in [5.74, 6) is -0.454. The zero-order chi connectivity index (χ0) is 14.9. The Morgan fingerprint density at radius 1 is 1.30 bits per heavy atom. The molecule has 0 saturated heterocycles. The van der Waals surface area contributed by atoms with Crippen LogP contribution in [0, 0.1) is 13.8 Å². The van der Waals surface area contributed by atoms with E-state index in [1.54, 1.807) is 13.8 Å². The normalized spacial score (nSPS) is 11.3. The van der Waals surface area contributed by atoms with Crippen molar-refractivity contribution in [1.29, 1.82) is 0 Å². The zero-order valence-electron chi connectivity index (χ0n) is 10.7. The molecule has 0 unspecified atom stereocenters. The van der Waals surface area contributed by atoms with E-state index in [9.17, 15) is 13.2 Å². The third kappa shape index (κ3) is 3.18. The number of hydrogen-bond acceptors (Lipinski definition) is 6. The highest BCUT2D eigenvalue weighted by Crippen LogP contribution is 2.18. The van der Waals surface area contributed by atoms with Gasteiger partial charge in [0.05, 0.1) is 4.90 Å². The first-order chi connectivity index (χ1) is 9.27. The molecule has 0 aliphatic carbocycles. The van der Waals surface area contributed by atoms with E-state index in [0.717, 1.165) is 5.01 Å². The van der Waals surface area contributed by atoms with E-state index in [1.165, 1.54) is 29.5 Å². The summed E-state index contributed by atoms with van der Waals surface area (Å²) in [5.41, 5.74) is 0.862. The standard InChI is InChI=1S/C11H12N4O3S2/c1-6-3-4-8(20(12,17)18)5-9(6)10(16)13-11-15-14-7(2)19-11/h3-5H,1-2H3,(H2,12,17,18)(H,13,15,16). The lowest BCUT2D eigenvalue weighted by molar-refractivity contribution is 0.102. The minimum Gasteiger partial charge on any atom is -0.296 e. The lowest BCUT2D eigenvalue weighted by Gasteiger charge is -2.07. The van der Waals surface area contributed by atoms with Gasteiger partial charge in [0.25, 0.3) is 5.91 Å². The molecule has 0 fully saturated rings. The van der Waals surface area contributed by atoms with E-state index in [-0.39, 0.29) is 10.5 Å². The molecule has 1 aromatic heterocycles. The Labute approximate surface area is 119 Å². The number of nitrogens with zero attached hydrogens (tertiary/aromatic N) is 2. The molecule has 0 saturated carbocycles. The molecule has 106 valence electrons. The first-order valence-electron chi connectivity index (χ1n) is 5.52. The first-order valence-corrected chi connectivity index (χ1v) is 7.88. The maximum absolute atomic E-state index is 12.1. The fraction of sp³-hybridized carbons (Fsp3) is 0.182. The summed E-state index contributed by atoms with van der Waals surface area (Å²) >= 11 is 1.23. The van der Waals surface area contributed by atoms with Crippen LogP contribution >= 0.6 is 11.3 Å². The van der Waals surface area contributed by atoms with Crippen LogP contribution < -0.4 is 10.5 Å². The fourth-order valence-corrected chi connectivity index (χ4v) is 2.66. The SMILES string of the molecule is Cc1nnc(NC(=O)c2cc(S(N)(=O)=O)ccc2C)s1. The minimum atomic E-state index is -3.85. The molecule has 20 heavy (non-hydrogen) atoms. The van der Waals surface area contributed by atoms with Gasteiger partial charge in [0.15, 0.2) is 0 Å². The number of carbonyl (C=O) groups is 1. The van der Waals surface area contributed by atoms with Crippen LogP contribution in [0.5, 0.6) is 0 Å². The molecular weight excluding hydrogens is 300 g/mol. The Balaban J connectivity index is 2.34. The van der Waals surface area contributed by atoms with Crippen molar-refractivity contribution in [2.75, 3.05) is 5.32 Å². The molecule has 0 bridgehead atoms. The van der Waals surface area contributed by atoms with Crippen molar-refractivity contribution in [3.8, 4) is 0 Å². The largest absolute Gasteiger partial charge is 0.296 e. The van der Waals surface area contributed by atoms with Crippen LogP contribution in [0.2, 0.25) is 0 Å². The van der Waals surface area contributed by atoms with Crippen LogP contribution in [0.4, 0.5) is 5.13 Å². The second-order valence-electron chi connectivity index (χ2n) is 4.10. The summed E-state index contributed by atoms with van der Waals surface area (Å²) in [6.07, 6.45) is 0. The van der Waals surface area contributed by atoms with E-state index >= 15 is 0 Å². The van der Waals surface area contributed by atoms with E-state index in [0.29, 0.717) is 10.7 Å². The second kappa shape index (κ2) is 5.27. The lowest BCUT2D eigenvalue weighted by atomic mass is 10.1. The Kier molecular flexibility index (Phi) is 3.84. The third-order valence-corrected chi connectivity index (χ3v) is 4.19. The van der Waals surface area contributed by atoms with Gasteiger partial charge in [-0.3, -0.25) is 10.1 Å². The molecule has 2 rings (SSSR count). The second-order valence-corrected chi connectivity index (χ2v) is 6.85. The first kappa shape index (κ1) is 14.6. The zero-order valence-corrected chi connectivity index (χ0v) is 12.4. The number of hydrogen-bond donors (Lipinski definition) is 2. The van der Waals surface area contributed by atoms with Crippen LogP contribution in [0.25, 0.3) is 0 Å². The molecule has 0 aliphatic rings. The van der Waals surface area contributed by atoms with Gasteiger partial charge in [0.1, 0.15) is 5.01 Å². The summed E-state index contributed by atoms with van der Waals surface area (Å²) < 4.78 is 22.6. The Hall–Kier alpha value is -1.84. The van der Waals surface area contributed by atoms with Crippen molar-refractivity contribution < 1.29 is 13.2 Å². The molecule has 2 aromatic rings. The summed E-state index contributed by atoms with van der Waals surface area (Å²) in [5, 5.41) is 16.2. The van der Waals surface area contributed by atoms with Gasteiger partial charge in [-0.2, -0.15) is 0 Å². The molecule has 0 aliphatic heterocycles. The van der Waals surface area contributed by atoms with Crippen molar-refractivity contribution in [1.82, 2.24) is 10.2 Å². The number of anilines is 1. The van der Waals surface area contributed by atoms with Gasteiger partial charge >= 0.3 is 0 Å². The van der Waals surface area contributed by atoms with Gasteiger partial charge in [-0.15, -0.1) is 10.2 Å². The number of aryl methyl sites for hydroxylation is 2. The highest BCUT2D eigenvalue weighted by Gasteiger charge is 2.16. The molecule has 1 amide bonds. The number of nitrogens with one attached hydrogen (secondary N) is 1. The lowest BCUT2D eigenvalue weighted by Crippen LogP contribution is -2.17. The van der Waals surface area contributed by atoms with E-state index in [1.807, 2.05) is 0 Å². The number of primary sulfonamides is 1. The summed E-state index contributed by atoms with van der Waals surface area (Å²) in [6, 6.07) is 4.13. The Morgan fingerprint density at radius 2 is 2.00 bits per heavy atom. The Bertz CT molecular complexity index is 768. The molecule has 9 heteroatoms. The van der Waals surface area contributed by atoms with E-state index in [2.05, 4.69) is 15.5 Å². The highest BCUT2D eigenvalue weighted by atomic mass is 32.2. The number of benzene rings is 1. The predicted octanol–water partition coefficient (Wildman–Crippen LogP) is 1.05. The molecule has 3 N–H and O–H groups in total. The van der Waals surface area contributed by atoms with Crippen molar-refractivity contribution in [2.24, 2.45) is 5.14 Å². The maximum Gasteiger partial charge on any atom is 0.257 e. The van der Waals surface area contributed by atoms with Gasteiger partial charge < -0.3 is 0 Å². The third-order valence-electron chi connectivity index (χ3n) is 2.53. The van der Waals surface area contributed by atoms with Crippen molar-refractivity contribution in [3.63, 3.8) is 0 Å². The van der Waals surface area contributed by atoms with E-state index < -0.39 is 15.9 Å². The van der Waals surface area contributed by atoms with Gasteiger partial charge in [0.2, 0.25) is 15.2 Å². The number of carbonyl (C=O) groups excluding carboxylic acids is 1. The number of sulfonamides is 1. The number of amides is 1. The minimum absolute atomic E-state index is 0.110. The van der Waals surface area contributed by atoms with Crippen LogP contribution in [-0.2, 0) is 10.0 Å². The van der Waals surface area contributed by atoms with Crippen LogP contribution in [0.3, 0.4) is 0 Å². The average molecular weight is 312 g/mol. The smallest absolute Gasteiger partial charge is 0.257 e. The van der Waals surface area contributed by atoms with Gasteiger partial charge in [-0.25, -0.2) is 13.6 Å². The van der Waals surface area contributed by atoms with Crippen LogP contribution in [-0.4, -0.2) is 24.5 Å². The van der Waals surface area contributed by atoms with E-state index in [4.69, 9.17) is 5.14 Å². The monoisotopic (exact) mass is 312 g/mol. The summed E-state index contributed by atoms with van der Waals surface area (Å²) in [4.78, 5) is 12.0. The number of aromatic nitrogens is 2. The average Bonchev–Trinajstić information content (AvgIpc) is 2.73. The molecule has 0 atom stereocenters. The highest BCUT2D eigenvalue weighted by molar-refractivity contribution is 7.89. The molecule has 1 aromatic carbocycles. The van der Waals surface area contributed by atoms with Crippen molar-refractivity contribution in [2.45, 2.75) is 18.7 Å². The number of nitrogens with two attached hydrogens (primary N) is 1. The quantitative estimate of drug-likeness (QED) is 0.879. The Morgan fingerprint density at radius 3 is 2.55 bits per heavy atom. The van der Waals surface area contributed by atoms with Crippen LogP contribution in [0.15, 0.2) is 23.1 Å². The molecule has 1 heterocycles. The molecule has 7 nitrogen and oxygen atoms in total. The summed E-state index contributed by atoms with van der Waals surface area (Å²) in [6.45, 7) is 3.47. The van der Waals surface area contributed by atoms with Crippen molar-refractivity contribution in [3.05, 3.63) is 34.3 Å². The predicted molar refractivity (Wildman–Crippen MR) is 75.2 cm³/mol. The summed E-state index contributed by atoms with van der Waals surface area (Å²) in [7, 11) is -3.85. The molecule has 0 spiro atoms. The molecule has 0 radical (unpaired) electrons. The van der Waals surface area contributed by atoms with Crippen molar-refractivity contribution >= 4 is 32.4 Å². The number of rotatable bonds is 3. The van der Waals surface area contributed by atoms with Crippen LogP contribution in [0.1, 0.15) is 20.9 Å². The molecular formula is C11H12N4O3S2. The van der Waals surface area contributed by atoms with Gasteiger partial charge in [-0.05, 0) is 31.5 Å². The fourth-order valence-electron chi connectivity index (χ4n) is 1.53.